The first-order chi connectivity index (χ1) is 10.5. The van der Waals surface area contributed by atoms with Crippen molar-refractivity contribution in [1.29, 1.82) is 0 Å². The number of carboxylic acids is 1. The molecule has 0 amide bonds. The minimum Gasteiger partial charge on any atom is -0.477 e. The van der Waals surface area contributed by atoms with E-state index in [1.807, 2.05) is 56.3 Å². The number of rotatable bonds is 2. The van der Waals surface area contributed by atoms with E-state index in [2.05, 4.69) is 4.98 Å². The standard InChI is InChI=1S/C18H15NO3/c1-10-8-13-14(9-11(10)2)17(20)19-16(18(21)22)15(13)12-6-4-3-5-7-12/h3-9H,1-2H3,(H,19,20)(H,21,22). The molecule has 22 heavy (non-hydrogen) atoms. The van der Waals surface area contributed by atoms with Gasteiger partial charge in [-0.2, -0.15) is 0 Å². The largest absolute Gasteiger partial charge is 0.477 e. The Morgan fingerprint density at radius 1 is 1.00 bits per heavy atom. The number of aromatic carboxylic acids is 1. The zero-order valence-electron chi connectivity index (χ0n) is 12.3. The Labute approximate surface area is 127 Å². The van der Waals surface area contributed by atoms with Crippen LogP contribution in [-0.4, -0.2) is 16.1 Å². The zero-order chi connectivity index (χ0) is 15.9. The van der Waals surface area contributed by atoms with E-state index in [0.29, 0.717) is 16.3 Å². The highest BCUT2D eigenvalue weighted by atomic mass is 16.4. The molecule has 0 aliphatic carbocycles. The molecular formula is C18H15NO3. The molecule has 3 aromatic rings. The topological polar surface area (TPSA) is 70.2 Å². The van der Waals surface area contributed by atoms with Crippen LogP contribution in [0.2, 0.25) is 0 Å². The van der Waals surface area contributed by atoms with Gasteiger partial charge in [0, 0.05) is 10.9 Å². The molecule has 0 bridgehead atoms. The monoisotopic (exact) mass is 293 g/mol. The SMILES string of the molecule is Cc1cc2c(-c3ccccc3)c(C(=O)O)[nH]c(=O)c2cc1C. The second-order valence-corrected chi connectivity index (χ2v) is 5.36. The molecule has 0 saturated heterocycles. The zero-order valence-corrected chi connectivity index (χ0v) is 12.3. The lowest BCUT2D eigenvalue weighted by molar-refractivity contribution is 0.0691. The van der Waals surface area contributed by atoms with Crippen molar-refractivity contribution < 1.29 is 9.90 Å². The molecule has 0 saturated carbocycles. The van der Waals surface area contributed by atoms with Gasteiger partial charge >= 0.3 is 5.97 Å². The fraction of sp³-hybridized carbons (Fsp3) is 0.111. The van der Waals surface area contributed by atoms with E-state index in [4.69, 9.17) is 0 Å². The number of benzene rings is 2. The maximum absolute atomic E-state index is 12.2. The molecule has 3 rings (SSSR count). The molecule has 2 N–H and O–H groups in total. The maximum atomic E-state index is 12.2. The van der Waals surface area contributed by atoms with Gasteiger partial charge in [0.2, 0.25) is 0 Å². The molecule has 2 aromatic carbocycles. The molecule has 4 nitrogen and oxygen atoms in total. The summed E-state index contributed by atoms with van der Waals surface area (Å²) in [4.78, 5) is 26.3. The third kappa shape index (κ3) is 2.19. The minimum absolute atomic E-state index is 0.0769. The number of aromatic amines is 1. The molecule has 110 valence electrons. The quantitative estimate of drug-likeness (QED) is 0.759. The van der Waals surface area contributed by atoms with Crippen LogP contribution in [0.5, 0.6) is 0 Å². The summed E-state index contributed by atoms with van der Waals surface area (Å²) in [5, 5.41) is 10.6. The van der Waals surface area contributed by atoms with Crippen LogP contribution in [0.25, 0.3) is 21.9 Å². The first-order valence-corrected chi connectivity index (χ1v) is 6.95. The van der Waals surface area contributed by atoms with Gasteiger partial charge in [-0.15, -0.1) is 0 Å². The van der Waals surface area contributed by atoms with Crippen LogP contribution in [0.3, 0.4) is 0 Å². The maximum Gasteiger partial charge on any atom is 0.353 e. The fourth-order valence-corrected chi connectivity index (χ4v) is 2.65. The van der Waals surface area contributed by atoms with Crippen molar-refractivity contribution in [1.82, 2.24) is 4.98 Å². The summed E-state index contributed by atoms with van der Waals surface area (Å²) < 4.78 is 0. The van der Waals surface area contributed by atoms with E-state index in [1.165, 1.54) is 0 Å². The van der Waals surface area contributed by atoms with Gasteiger partial charge in [0.15, 0.2) is 0 Å². The minimum atomic E-state index is -1.14. The second kappa shape index (κ2) is 5.15. The number of carbonyl (C=O) groups is 1. The lowest BCUT2D eigenvalue weighted by atomic mass is 9.94. The van der Waals surface area contributed by atoms with Gasteiger partial charge in [0.1, 0.15) is 5.69 Å². The molecule has 0 aliphatic rings. The summed E-state index contributed by atoms with van der Waals surface area (Å²) in [5.41, 5.74) is 2.88. The van der Waals surface area contributed by atoms with Gasteiger partial charge in [-0.1, -0.05) is 36.4 Å². The number of aryl methyl sites for hydroxylation is 2. The van der Waals surface area contributed by atoms with Gasteiger partial charge in [0.25, 0.3) is 5.56 Å². The summed E-state index contributed by atoms with van der Waals surface area (Å²) in [6, 6.07) is 12.9. The average molecular weight is 293 g/mol. The van der Waals surface area contributed by atoms with Gasteiger partial charge in [-0.3, -0.25) is 4.79 Å². The van der Waals surface area contributed by atoms with Crippen LogP contribution in [-0.2, 0) is 0 Å². The Balaban J connectivity index is 2.54. The number of fused-ring (bicyclic) bond motifs is 1. The molecule has 0 unspecified atom stereocenters. The van der Waals surface area contributed by atoms with E-state index >= 15 is 0 Å². The molecule has 0 fully saturated rings. The Morgan fingerprint density at radius 2 is 1.59 bits per heavy atom. The van der Waals surface area contributed by atoms with Crippen molar-refractivity contribution in [2.45, 2.75) is 13.8 Å². The van der Waals surface area contributed by atoms with E-state index in [0.717, 1.165) is 16.7 Å². The summed E-state index contributed by atoms with van der Waals surface area (Å²) in [7, 11) is 0. The van der Waals surface area contributed by atoms with Crippen LogP contribution in [0.1, 0.15) is 21.6 Å². The lowest BCUT2D eigenvalue weighted by Gasteiger charge is -2.12. The molecular weight excluding hydrogens is 278 g/mol. The van der Waals surface area contributed by atoms with E-state index in [1.54, 1.807) is 0 Å². The first kappa shape index (κ1) is 14.1. The molecule has 1 aromatic heterocycles. The second-order valence-electron chi connectivity index (χ2n) is 5.36. The Hall–Kier alpha value is -2.88. The summed E-state index contributed by atoms with van der Waals surface area (Å²) >= 11 is 0. The summed E-state index contributed by atoms with van der Waals surface area (Å²) in [5.74, 6) is -1.14. The molecule has 1 heterocycles. The number of hydrogen-bond acceptors (Lipinski definition) is 2. The van der Waals surface area contributed by atoms with E-state index in [9.17, 15) is 14.7 Å². The summed E-state index contributed by atoms with van der Waals surface area (Å²) in [6.45, 7) is 3.88. The highest BCUT2D eigenvalue weighted by Gasteiger charge is 2.18. The highest BCUT2D eigenvalue weighted by Crippen LogP contribution is 2.31. The van der Waals surface area contributed by atoms with Crippen LogP contribution in [0.15, 0.2) is 47.3 Å². The Kier molecular flexibility index (Phi) is 3.29. The fourth-order valence-electron chi connectivity index (χ4n) is 2.65. The number of carboxylic acid groups (broad SMARTS) is 1. The predicted molar refractivity (Wildman–Crippen MR) is 86.4 cm³/mol. The normalized spacial score (nSPS) is 10.8. The third-order valence-electron chi connectivity index (χ3n) is 3.91. The lowest BCUT2D eigenvalue weighted by Crippen LogP contribution is -2.15. The smallest absolute Gasteiger partial charge is 0.353 e. The van der Waals surface area contributed by atoms with Crippen LogP contribution >= 0.6 is 0 Å². The van der Waals surface area contributed by atoms with E-state index < -0.39 is 5.97 Å². The Bertz CT molecular complexity index is 940. The number of pyridine rings is 1. The van der Waals surface area contributed by atoms with Gasteiger partial charge in [0.05, 0.1) is 0 Å². The third-order valence-corrected chi connectivity index (χ3v) is 3.91. The van der Waals surface area contributed by atoms with Crippen LogP contribution in [0, 0.1) is 13.8 Å². The van der Waals surface area contributed by atoms with Gasteiger partial charge in [-0.25, -0.2) is 4.79 Å². The first-order valence-electron chi connectivity index (χ1n) is 6.95. The van der Waals surface area contributed by atoms with Crippen LogP contribution < -0.4 is 5.56 Å². The molecule has 4 heteroatoms. The Morgan fingerprint density at radius 3 is 2.18 bits per heavy atom. The molecule has 0 aliphatic heterocycles. The average Bonchev–Trinajstić information content (AvgIpc) is 2.50. The van der Waals surface area contributed by atoms with Crippen molar-refractivity contribution in [2.24, 2.45) is 0 Å². The van der Waals surface area contributed by atoms with Gasteiger partial charge < -0.3 is 10.1 Å². The van der Waals surface area contributed by atoms with Crippen molar-refractivity contribution >= 4 is 16.7 Å². The van der Waals surface area contributed by atoms with Crippen molar-refractivity contribution in [3.8, 4) is 11.1 Å². The number of nitrogens with one attached hydrogen (secondary N) is 1. The van der Waals surface area contributed by atoms with Crippen molar-refractivity contribution in [3.05, 3.63) is 69.6 Å². The molecule has 0 spiro atoms. The van der Waals surface area contributed by atoms with Crippen molar-refractivity contribution in [3.63, 3.8) is 0 Å². The molecule has 0 atom stereocenters. The number of H-pyrrole nitrogens is 1. The van der Waals surface area contributed by atoms with Crippen LogP contribution in [0.4, 0.5) is 0 Å². The van der Waals surface area contributed by atoms with E-state index in [-0.39, 0.29) is 11.3 Å². The highest BCUT2D eigenvalue weighted by molar-refractivity contribution is 6.06. The predicted octanol–water partition coefficient (Wildman–Crippen LogP) is 3.51. The number of hydrogen-bond donors (Lipinski definition) is 2. The van der Waals surface area contributed by atoms with Gasteiger partial charge in [-0.05, 0) is 42.0 Å². The summed E-state index contributed by atoms with van der Waals surface area (Å²) in [6.07, 6.45) is 0. The number of aromatic nitrogens is 1. The van der Waals surface area contributed by atoms with Crippen molar-refractivity contribution in [2.75, 3.05) is 0 Å². The molecule has 0 radical (unpaired) electrons.